The van der Waals surface area contributed by atoms with Gasteiger partial charge in [-0.05, 0) is 12.8 Å². The monoisotopic (exact) mass is 266 g/mol. The van der Waals surface area contributed by atoms with Gasteiger partial charge in [0.2, 0.25) is 5.91 Å². The fourth-order valence-corrected chi connectivity index (χ4v) is 2.92. The molecule has 2 rings (SSSR count). The summed E-state index contributed by atoms with van der Waals surface area (Å²) < 4.78 is 10.8. The summed E-state index contributed by atoms with van der Waals surface area (Å²) in [5, 5.41) is 12.3. The second-order valence-electron chi connectivity index (χ2n) is 5.63. The minimum absolute atomic E-state index is 0.141. The molecule has 1 N–H and O–H groups in total. The van der Waals surface area contributed by atoms with Crippen LogP contribution in [0.5, 0.6) is 0 Å². The number of hydrogen-bond donors (Lipinski definition) is 1. The Kier molecular flexibility index (Phi) is 4.43. The molecule has 0 bridgehead atoms. The first-order valence-corrected chi connectivity index (χ1v) is 6.99. The Hall–Kier alpha value is -1.12. The quantitative estimate of drug-likeness (QED) is 0.834. The zero-order valence-corrected chi connectivity index (χ0v) is 11.5. The standard InChI is InChI=1S/C14H22N2O3/c1-18-14(7-8-19-11-14)10-16-12(17)13(9-15)5-3-2-4-6-13/h2-8,10-11H2,1H3,(H,16,17). The number of hydrogen-bond acceptors (Lipinski definition) is 4. The molecule has 19 heavy (non-hydrogen) atoms. The number of carbonyl (C=O) groups excluding carboxylic acids is 1. The molecular weight excluding hydrogens is 244 g/mol. The Morgan fingerprint density at radius 1 is 1.37 bits per heavy atom. The van der Waals surface area contributed by atoms with Gasteiger partial charge in [0.1, 0.15) is 11.0 Å². The van der Waals surface area contributed by atoms with Crippen LogP contribution in [0.2, 0.25) is 0 Å². The maximum atomic E-state index is 12.3. The molecule has 1 heterocycles. The zero-order chi connectivity index (χ0) is 13.8. The lowest BCUT2D eigenvalue weighted by molar-refractivity contribution is -0.131. The molecule has 0 spiro atoms. The molecule has 1 unspecified atom stereocenters. The molecule has 1 saturated heterocycles. The maximum Gasteiger partial charge on any atom is 0.240 e. The van der Waals surface area contributed by atoms with E-state index in [1.165, 1.54) is 0 Å². The van der Waals surface area contributed by atoms with E-state index in [-0.39, 0.29) is 5.91 Å². The van der Waals surface area contributed by atoms with E-state index in [9.17, 15) is 10.1 Å². The first kappa shape index (κ1) is 14.3. The number of nitrogens with zero attached hydrogens (tertiary/aromatic N) is 1. The van der Waals surface area contributed by atoms with Crippen LogP contribution >= 0.6 is 0 Å². The molecular formula is C14H22N2O3. The molecule has 5 nitrogen and oxygen atoms in total. The Labute approximate surface area is 114 Å². The van der Waals surface area contributed by atoms with Crippen molar-refractivity contribution in [3.05, 3.63) is 0 Å². The zero-order valence-electron chi connectivity index (χ0n) is 11.5. The van der Waals surface area contributed by atoms with Crippen molar-refractivity contribution >= 4 is 5.91 Å². The Morgan fingerprint density at radius 2 is 2.11 bits per heavy atom. The average Bonchev–Trinajstić information content (AvgIpc) is 2.95. The van der Waals surface area contributed by atoms with Gasteiger partial charge < -0.3 is 14.8 Å². The minimum atomic E-state index is -0.827. The molecule has 106 valence electrons. The van der Waals surface area contributed by atoms with E-state index in [0.29, 0.717) is 32.6 Å². The fourth-order valence-electron chi connectivity index (χ4n) is 2.92. The number of carbonyl (C=O) groups is 1. The molecule has 2 fully saturated rings. The number of nitrogens with one attached hydrogen (secondary N) is 1. The molecule has 0 aromatic carbocycles. The molecule has 2 aliphatic rings. The fraction of sp³-hybridized carbons (Fsp3) is 0.857. The molecule has 1 saturated carbocycles. The third kappa shape index (κ3) is 2.90. The van der Waals surface area contributed by atoms with Crippen molar-refractivity contribution in [3.8, 4) is 6.07 Å². The summed E-state index contributed by atoms with van der Waals surface area (Å²) in [5.41, 5.74) is -1.24. The van der Waals surface area contributed by atoms with Gasteiger partial charge in [0, 0.05) is 26.7 Å². The van der Waals surface area contributed by atoms with Gasteiger partial charge in [-0.15, -0.1) is 0 Å². The summed E-state index contributed by atoms with van der Waals surface area (Å²) in [4.78, 5) is 12.3. The number of amides is 1. The lowest BCUT2D eigenvalue weighted by Crippen LogP contribution is -2.49. The first-order chi connectivity index (χ1) is 9.16. The van der Waals surface area contributed by atoms with Crippen LogP contribution in [-0.2, 0) is 14.3 Å². The van der Waals surface area contributed by atoms with E-state index in [1.807, 2.05) is 0 Å². The second kappa shape index (κ2) is 5.89. The molecule has 5 heteroatoms. The van der Waals surface area contributed by atoms with Crippen LogP contribution in [0.15, 0.2) is 0 Å². The summed E-state index contributed by atoms with van der Waals surface area (Å²) in [6, 6.07) is 2.24. The van der Waals surface area contributed by atoms with Crippen LogP contribution < -0.4 is 5.32 Å². The molecule has 1 aliphatic heterocycles. The topological polar surface area (TPSA) is 71.3 Å². The summed E-state index contributed by atoms with van der Waals surface area (Å²) in [6.07, 6.45) is 5.16. The van der Waals surface area contributed by atoms with E-state index in [0.717, 1.165) is 25.7 Å². The number of rotatable bonds is 4. The SMILES string of the molecule is COC1(CNC(=O)C2(C#N)CCCCC2)CCOC1. The normalized spacial score (nSPS) is 29.7. The van der Waals surface area contributed by atoms with Crippen molar-refractivity contribution in [1.29, 1.82) is 5.26 Å². The number of ether oxygens (including phenoxy) is 2. The number of methoxy groups -OCH3 is 1. The van der Waals surface area contributed by atoms with Gasteiger partial charge in [0.05, 0.1) is 12.7 Å². The molecule has 1 atom stereocenters. The first-order valence-electron chi connectivity index (χ1n) is 6.99. The van der Waals surface area contributed by atoms with E-state index < -0.39 is 11.0 Å². The summed E-state index contributed by atoms with van der Waals surface area (Å²) >= 11 is 0. The van der Waals surface area contributed by atoms with Gasteiger partial charge in [-0.3, -0.25) is 4.79 Å². The van der Waals surface area contributed by atoms with Gasteiger partial charge >= 0.3 is 0 Å². The second-order valence-corrected chi connectivity index (χ2v) is 5.63. The molecule has 0 aromatic rings. The van der Waals surface area contributed by atoms with Crippen molar-refractivity contribution in [3.63, 3.8) is 0 Å². The molecule has 0 aromatic heterocycles. The Balaban J connectivity index is 1.94. The Morgan fingerprint density at radius 3 is 2.63 bits per heavy atom. The highest BCUT2D eigenvalue weighted by Gasteiger charge is 2.42. The lowest BCUT2D eigenvalue weighted by Gasteiger charge is -2.32. The van der Waals surface area contributed by atoms with Crippen LogP contribution in [0.1, 0.15) is 38.5 Å². The van der Waals surface area contributed by atoms with Gasteiger partial charge in [-0.1, -0.05) is 19.3 Å². The lowest BCUT2D eigenvalue weighted by atomic mass is 9.74. The van der Waals surface area contributed by atoms with Crippen molar-refractivity contribution in [2.45, 2.75) is 44.1 Å². The van der Waals surface area contributed by atoms with Gasteiger partial charge in [-0.25, -0.2) is 0 Å². The predicted octanol–water partition coefficient (Wildman–Crippen LogP) is 1.38. The summed E-state index contributed by atoms with van der Waals surface area (Å²) in [5.74, 6) is -0.141. The third-order valence-corrected chi connectivity index (χ3v) is 4.43. The van der Waals surface area contributed by atoms with Gasteiger partial charge in [-0.2, -0.15) is 5.26 Å². The minimum Gasteiger partial charge on any atom is -0.378 e. The van der Waals surface area contributed by atoms with Crippen molar-refractivity contribution in [2.75, 3.05) is 26.9 Å². The van der Waals surface area contributed by atoms with Gasteiger partial charge in [0.15, 0.2) is 0 Å². The van der Waals surface area contributed by atoms with Gasteiger partial charge in [0.25, 0.3) is 0 Å². The van der Waals surface area contributed by atoms with Crippen LogP contribution in [0.25, 0.3) is 0 Å². The smallest absolute Gasteiger partial charge is 0.240 e. The van der Waals surface area contributed by atoms with Crippen LogP contribution in [0.4, 0.5) is 0 Å². The van der Waals surface area contributed by atoms with Crippen LogP contribution in [-0.4, -0.2) is 38.4 Å². The van der Waals surface area contributed by atoms with Crippen LogP contribution in [0.3, 0.4) is 0 Å². The average molecular weight is 266 g/mol. The third-order valence-electron chi connectivity index (χ3n) is 4.43. The summed E-state index contributed by atoms with van der Waals surface area (Å²) in [7, 11) is 1.64. The number of nitriles is 1. The molecule has 0 radical (unpaired) electrons. The highest BCUT2D eigenvalue weighted by molar-refractivity contribution is 5.85. The van der Waals surface area contributed by atoms with Crippen molar-refractivity contribution in [1.82, 2.24) is 5.32 Å². The van der Waals surface area contributed by atoms with Crippen LogP contribution in [0, 0.1) is 16.7 Å². The van der Waals surface area contributed by atoms with E-state index in [1.54, 1.807) is 7.11 Å². The highest BCUT2D eigenvalue weighted by atomic mass is 16.5. The molecule has 1 amide bonds. The molecule has 1 aliphatic carbocycles. The van der Waals surface area contributed by atoms with E-state index in [2.05, 4.69) is 11.4 Å². The van der Waals surface area contributed by atoms with Crippen molar-refractivity contribution in [2.24, 2.45) is 5.41 Å². The van der Waals surface area contributed by atoms with E-state index >= 15 is 0 Å². The van der Waals surface area contributed by atoms with E-state index in [4.69, 9.17) is 9.47 Å². The predicted molar refractivity (Wildman–Crippen MR) is 69.3 cm³/mol. The largest absolute Gasteiger partial charge is 0.378 e. The Bertz CT molecular complexity index is 363. The van der Waals surface area contributed by atoms with Crippen molar-refractivity contribution < 1.29 is 14.3 Å². The summed E-state index contributed by atoms with van der Waals surface area (Å²) in [6.45, 7) is 1.59. The highest BCUT2D eigenvalue weighted by Crippen LogP contribution is 2.36. The maximum absolute atomic E-state index is 12.3.